The van der Waals surface area contributed by atoms with Crippen molar-refractivity contribution in [3.8, 4) is 11.5 Å². The predicted octanol–water partition coefficient (Wildman–Crippen LogP) is 3.05. The predicted molar refractivity (Wildman–Crippen MR) is 119 cm³/mol. The SMILES string of the molecule is COc1ccc(CCNC(=O)C[C@H](O)[C@H](CC(C)C)NC(=O)OC(C)(C)C)cc1OC. The summed E-state index contributed by atoms with van der Waals surface area (Å²) < 4.78 is 15.8. The Kier molecular flexibility index (Phi) is 10.6. The molecule has 1 rings (SSSR count). The molecule has 0 unspecified atom stereocenters. The number of amides is 2. The number of methoxy groups -OCH3 is 2. The van der Waals surface area contributed by atoms with Gasteiger partial charge in [0, 0.05) is 6.54 Å². The minimum Gasteiger partial charge on any atom is -0.493 e. The number of ether oxygens (including phenoxy) is 3. The second-order valence-corrected chi connectivity index (χ2v) is 8.94. The average Bonchev–Trinajstić information content (AvgIpc) is 2.65. The van der Waals surface area contributed by atoms with Crippen LogP contribution in [0.1, 0.15) is 53.0 Å². The molecule has 3 N–H and O–H groups in total. The molecule has 176 valence electrons. The fourth-order valence-corrected chi connectivity index (χ4v) is 3.07. The van der Waals surface area contributed by atoms with E-state index in [1.165, 1.54) is 0 Å². The molecule has 0 saturated heterocycles. The minimum atomic E-state index is -1.02. The fraction of sp³-hybridized carbons (Fsp3) is 0.652. The minimum absolute atomic E-state index is 0.112. The van der Waals surface area contributed by atoms with Gasteiger partial charge in [-0.25, -0.2) is 4.79 Å². The molecule has 0 bridgehead atoms. The molecule has 8 heteroatoms. The van der Waals surface area contributed by atoms with Gasteiger partial charge >= 0.3 is 6.09 Å². The van der Waals surface area contributed by atoms with Crippen molar-refractivity contribution in [2.24, 2.45) is 5.92 Å². The molecule has 2 amide bonds. The van der Waals surface area contributed by atoms with E-state index in [1.807, 2.05) is 32.0 Å². The number of benzene rings is 1. The standard InChI is InChI=1S/C23H38N2O6/c1-15(2)12-17(25-22(28)31-23(3,4)5)18(26)14-21(27)24-11-10-16-8-9-19(29-6)20(13-16)30-7/h8-9,13,15,17-18,26H,10-12,14H2,1-7H3,(H,24,27)(H,25,28)/t17-,18-/m0/s1. The lowest BCUT2D eigenvalue weighted by Crippen LogP contribution is -2.47. The number of carbonyl (C=O) groups is 2. The van der Waals surface area contributed by atoms with Crippen molar-refractivity contribution in [3.63, 3.8) is 0 Å². The summed E-state index contributed by atoms with van der Waals surface area (Å²) in [6.45, 7) is 9.69. The van der Waals surface area contributed by atoms with Crippen LogP contribution in [-0.2, 0) is 16.0 Å². The summed E-state index contributed by atoms with van der Waals surface area (Å²) in [4.78, 5) is 24.4. The van der Waals surface area contributed by atoms with Crippen molar-refractivity contribution in [2.45, 2.75) is 71.6 Å². The first kappa shape index (κ1) is 26.6. The first-order valence-electron chi connectivity index (χ1n) is 10.6. The van der Waals surface area contributed by atoms with Crippen molar-refractivity contribution in [3.05, 3.63) is 23.8 Å². The van der Waals surface area contributed by atoms with Gasteiger partial charge in [-0.2, -0.15) is 0 Å². The van der Waals surface area contributed by atoms with Crippen LogP contribution in [0.4, 0.5) is 4.79 Å². The number of alkyl carbamates (subject to hydrolysis) is 1. The van der Waals surface area contributed by atoms with Crippen LogP contribution in [0.2, 0.25) is 0 Å². The van der Waals surface area contributed by atoms with Gasteiger partial charge in [-0.05, 0) is 57.2 Å². The molecule has 0 aliphatic heterocycles. The molecular formula is C23H38N2O6. The molecule has 0 saturated carbocycles. The summed E-state index contributed by atoms with van der Waals surface area (Å²) in [7, 11) is 3.15. The summed E-state index contributed by atoms with van der Waals surface area (Å²) in [5.41, 5.74) is 0.349. The van der Waals surface area contributed by atoms with Crippen LogP contribution in [0.3, 0.4) is 0 Å². The van der Waals surface area contributed by atoms with Crippen LogP contribution in [-0.4, -0.2) is 55.6 Å². The van der Waals surface area contributed by atoms with Gasteiger partial charge in [0.05, 0.1) is 32.8 Å². The number of nitrogens with one attached hydrogen (secondary N) is 2. The van der Waals surface area contributed by atoms with Gasteiger partial charge in [0.1, 0.15) is 5.60 Å². The van der Waals surface area contributed by atoms with Gasteiger partial charge in [-0.1, -0.05) is 19.9 Å². The fourth-order valence-electron chi connectivity index (χ4n) is 3.07. The summed E-state index contributed by atoms with van der Waals surface area (Å²) in [6.07, 6.45) is -0.603. The van der Waals surface area contributed by atoms with E-state index in [-0.39, 0.29) is 18.2 Å². The first-order chi connectivity index (χ1) is 14.4. The highest BCUT2D eigenvalue weighted by Gasteiger charge is 2.27. The van der Waals surface area contributed by atoms with E-state index in [2.05, 4.69) is 10.6 Å². The molecule has 0 radical (unpaired) electrons. The zero-order chi connectivity index (χ0) is 23.6. The molecule has 0 aliphatic rings. The van der Waals surface area contributed by atoms with Crippen LogP contribution in [0, 0.1) is 5.92 Å². The van der Waals surface area contributed by atoms with E-state index in [0.29, 0.717) is 30.9 Å². The second kappa shape index (κ2) is 12.4. The highest BCUT2D eigenvalue weighted by molar-refractivity contribution is 5.76. The monoisotopic (exact) mass is 438 g/mol. The summed E-state index contributed by atoms with van der Waals surface area (Å²) >= 11 is 0. The maximum absolute atomic E-state index is 12.3. The molecule has 1 aromatic carbocycles. The molecule has 0 aromatic heterocycles. The molecule has 1 aromatic rings. The number of hydrogen-bond acceptors (Lipinski definition) is 6. The van der Waals surface area contributed by atoms with Crippen molar-refractivity contribution in [1.82, 2.24) is 10.6 Å². The van der Waals surface area contributed by atoms with E-state index in [0.717, 1.165) is 5.56 Å². The van der Waals surface area contributed by atoms with Crippen LogP contribution >= 0.6 is 0 Å². The smallest absolute Gasteiger partial charge is 0.407 e. The second-order valence-electron chi connectivity index (χ2n) is 8.94. The third kappa shape index (κ3) is 10.4. The Morgan fingerprint density at radius 3 is 2.29 bits per heavy atom. The van der Waals surface area contributed by atoms with E-state index < -0.39 is 23.8 Å². The van der Waals surface area contributed by atoms with Crippen molar-refractivity contribution >= 4 is 12.0 Å². The lowest BCUT2D eigenvalue weighted by Gasteiger charge is -2.27. The first-order valence-corrected chi connectivity index (χ1v) is 10.6. The third-order valence-electron chi connectivity index (χ3n) is 4.47. The Bertz CT molecular complexity index is 715. The van der Waals surface area contributed by atoms with Crippen LogP contribution in [0.5, 0.6) is 11.5 Å². The Hall–Kier alpha value is -2.48. The maximum atomic E-state index is 12.3. The van der Waals surface area contributed by atoms with Crippen molar-refractivity contribution in [2.75, 3.05) is 20.8 Å². The summed E-state index contributed by atoms with van der Waals surface area (Å²) in [5.74, 6) is 1.22. The van der Waals surface area contributed by atoms with E-state index in [4.69, 9.17) is 14.2 Å². The zero-order valence-electron chi connectivity index (χ0n) is 19.8. The summed E-state index contributed by atoms with van der Waals surface area (Å²) in [6, 6.07) is 5.01. The lowest BCUT2D eigenvalue weighted by molar-refractivity contribution is -0.123. The third-order valence-corrected chi connectivity index (χ3v) is 4.47. The molecule has 2 atom stereocenters. The largest absolute Gasteiger partial charge is 0.493 e. The van der Waals surface area contributed by atoms with Gasteiger partial charge in [0.15, 0.2) is 11.5 Å². The highest BCUT2D eigenvalue weighted by atomic mass is 16.6. The zero-order valence-corrected chi connectivity index (χ0v) is 19.8. The summed E-state index contributed by atoms with van der Waals surface area (Å²) in [5, 5.41) is 16.1. The molecule has 8 nitrogen and oxygen atoms in total. The Balaban J connectivity index is 2.57. The van der Waals surface area contributed by atoms with E-state index in [9.17, 15) is 14.7 Å². The Labute approximate surface area is 185 Å². The lowest BCUT2D eigenvalue weighted by atomic mass is 9.97. The average molecular weight is 439 g/mol. The molecular weight excluding hydrogens is 400 g/mol. The quantitative estimate of drug-likeness (QED) is 0.490. The highest BCUT2D eigenvalue weighted by Crippen LogP contribution is 2.27. The van der Waals surface area contributed by atoms with E-state index in [1.54, 1.807) is 35.0 Å². The number of hydrogen-bond donors (Lipinski definition) is 3. The van der Waals surface area contributed by atoms with Crippen molar-refractivity contribution < 1.29 is 28.9 Å². The molecule has 0 heterocycles. The van der Waals surface area contributed by atoms with Crippen molar-refractivity contribution in [1.29, 1.82) is 0 Å². The molecule has 0 spiro atoms. The topological polar surface area (TPSA) is 106 Å². The number of aliphatic hydroxyl groups is 1. The van der Waals surface area contributed by atoms with Gasteiger partial charge in [0.2, 0.25) is 5.91 Å². The Morgan fingerprint density at radius 1 is 1.10 bits per heavy atom. The van der Waals surface area contributed by atoms with Gasteiger partial charge in [0.25, 0.3) is 0 Å². The molecule has 31 heavy (non-hydrogen) atoms. The number of aliphatic hydroxyl groups excluding tert-OH is 1. The van der Waals surface area contributed by atoms with Crippen LogP contribution in [0.25, 0.3) is 0 Å². The molecule has 0 fully saturated rings. The van der Waals surface area contributed by atoms with E-state index >= 15 is 0 Å². The number of carbonyl (C=O) groups excluding carboxylic acids is 2. The van der Waals surface area contributed by atoms with Crippen LogP contribution < -0.4 is 20.1 Å². The van der Waals surface area contributed by atoms with Gasteiger partial charge in [-0.3, -0.25) is 4.79 Å². The normalized spacial score (nSPS) is 13.3. The van der Waals surface area contributed by atoms with Crippen LogP contribution in [0.15, 0.2) is 18.2 Å². The van der Waals surface area contributed by atoms with Gasteiger partial charge in [-0.15, -0.1) is 0 Å². The van der Waals surface area contributed by atoms with Gasteiger partial charge < -0.3 is 30.0 Å². The maximum Gasteiger partial charge on any atom is 0.407 e. The molecule has 0 aliphatic carbocycles. The number of rotatable bonds is 11. The Morgan fingerprint density at radius 2 is 1.74 bits per heavy atom.